The Labute approximate surface area is 285 Å². The van der Waals surface area contributed by atoms with Crippen molar-refractivity contribution in [1.29, 1.82) is 0 Å². The van der Waals surface area contributed by atoms with Gasteiger partial charge in [0.05, 0.1) is 29.7 Å². The Balaban J connectivity index is 0.000000430. The van der Waals surface area contributed by atoms with E-state index in [-0.39, 0.29) is 43.0 Å². The fourth-order valence-electron chi connectivity index (χ4n) is 4.55. The number of piperidine rings is 2. The van der Waals surface area contributed by atoms with Gasteiger partial charge >= 0.3 is 17.9 Å². The Bertz CT molecular complexity index is 1380. The van der Waals surface area contributed by atoms with Crippen LogP contribution in [0.25, 0.3) is 0 Å². The number of halogens is 1. The Morgan fingerprint density at radius 1 is 0.783 bits per heavy atom. The van der Waals surface area contributed by atoms with E-state index < -0.39 is 31.0 Å². The van der Waals surface area contributed by atoms with Crippen LogP contribution in [0.15, 0.2) is 85.0 Å². The molecule has 2 aromatic carbocycles. The lowest BCUT2D eigenvalue weighted by Gasteiger charge is -2.31. The molecule has 0 atom stereocenters. The largest absolute Gasteiger partial charge is 0.478 e. The van der Waals surface area contributed by atoms with Crippen molar-refractivity contribution in [2.24, 2.45) is 11.8 Å². The van der Waals surface area contributed by atoms with E-state index >= 15 is 0 Å². The summed E-state index contributed by atoms with van der Waals surface area (Å²) < 4.78 is 41.7. The van der Waals surface area contributed by atoms with Gasteiger partial charge in [-0.05, 0) is 108 Å². The molecule has 2 N–H and O–H groups in total. The van der Waals surface area contributed by atoms with Gasteiger partial charge in [-0.3, -0.25) is 4.79 Å². The van der Waals surface area contributed by atoms with Crippen LogP contribution in [-0.2, 0) is 19.1 Å². The number of carboxylic acids is 1. The van der Waals surface area contributed by atoms with E-state index in [9.17, 15) is 19.2 Å². The number of esters is 2. The molecule has 10 heteroatoms. The Morgan fingerprint density at radius 2 is 1.22 bits per heavy atom. The van der Waals surface area contributed by atoms with Gasteiger partial charge in [-0.2, -0.15) is 0 Å². The van der Waals surface area contributed by atoms with Crippen molar-refractivity contribution >= 4 is 36.2 Å². The quantitative estimate of drug-likeness (QED) is 0.223. The highest BCUT2D eigenvalue weighted by Crippen LogP contribution is 2.21. The van der Waals surface area contributed by atoms with E-state index in [0.29, 0.717) is 37.1 Å². The second-order valence-electron chi connectivity index (χ2n) is 10.5. The number of likely N-dealkylation sites (tertiary alicyclic amines) is 1. The molecule has 2 fully saturated rings. The number of hydrogen-bond acceptors (Lipinski definition) is 7. The molecule has 4 rings (SSSR count). The van der Waals surface area contributed by atoms with Crippen LogP contribution in [0.3, 0.4) is 0 Å². The van der Waals surface area contributed by atoms with Crippen LogP contribution >= 0.6 is 12.4 Å². The van der Waals surface area contributed by atoms with Gasteiger partial charge in [0, 0.05) is 19.2 Å². The minimum Gasteiger partial charge on any atom is -0.478 e. The van der Waals surface area contributed by atoms with E-state index in [0.717, 1.165) is 32.0 Å². The number of benzene rings is 2. The number of allylic oxidation sites excluding steroid dienone is 2. The second-order valence-corrected chi connectivity index (χ2v) is 10.5. The zero-order valence-electron chi connectivity index (χ0n) is 30.6. The molecule has 1 amide bonds. The van der Waals surface area contributed by atoms with Gasteiger partial charge < -0.3 is 24.8 Å². The van der Waals surface area contributed by atoms with E-state index in [1.165, 1.54) is 6.08 Å². The van der Waals surface area contributed by atoms with Crippen molar-refractivity contribution in [3.63, 3.8) is 0 Å². The van der Waals surface area contributed by atoms with Crippen molar-refractivity contribution < 1.29 is 39.2 Å². The monoisotopic (exact) mass is 660 g/mol. The van der Waals surface area contributed by atoms with Gasteiger partial charge in [-0.15, -0.1) is 12.4 Å². The first-order chi connectivity index (χ1) is 23.2. The fraction of sp³-hybridized carbons (Fsp3) is 0.444. The predicted molar refractivity (Wildman–Crippen MR) is 182 cm³/mol. The van der Waals surface area contributed by atoms with Gasteiger partial charge in [0.15, 0.2) is 0 Å². The number of ether oxygens (including phenoxy) is 2. The number of rotatable bonds is 10. The van der Waals surface area contributed by atoms with Crippen LogP contribution in [0.2, 0.25) is 0 Å². The molecule has 2 heterocycles. The average molecular weight is 661 g/mol. The normalized spacial score (nSPS) is 17.0. The molecule has 252 valence electrons. The molecular formula is C36H49ClN2O7. The van der Waals surface area contributed by atoms with Crippen molar-refractivity contribution in [3.05, 3.63) is 96.1 Å². The number of amides is 1. The molecule has 0 saturated carbocycles. The first-order valence-electron chi connectivity index (χ1n) is 17.3. The molecule has 2 saturated heterocycles. The zero-order chi connectivity index (χ0) is 36.3. The summed E-state index contributed by atoms with van der Waals surface area (Å²) >= 11 is 0. The number of carboxylic acid groups (broad SMARTS) is 1. The number of carbonyl (C=O) groups is 4. The van der Waals surface area contributed by atoms with E-state index in [4.69, 9.17) is 20.1 Å². The van der Waals surface area contributed by atoms with Gasteiger partial charge in [0.1, 0.15) is 0 Å². The number of aliphatic carboxylic acids is 1. The summed E-state index contributed by atoms with van der Waals surface area (Å²) in [5.41, 5.74) is 0.727. The van der Waals surface area contributed by atoms with E-state index in [1.54, 1.807) is 91.6 Å². The third kappa shape index (κ3) is 16.9. The maximum absolute atomic E-state index is 12.0. The molecule has 9 nitrogen and oxygen atoms in total. The number of nitrogens with zero attached hydrogens (tertiary/aromatic N) is 1. The van der Waals surface area contributed by atoms with Crippen LogP contribution in [0.1, 0.15) is 78.6 Å². The summed E-state index contributed by atoms with van der Waals surface area (Å²) in [6, 6.07) is 16.9. The molecule has 2 aliphatic heterocycles. The van der Waals surface area contributed by atoms with Crippen molar-refractivity contribution in [3.8, 4) is 0 Å². The highest BCUT2D eigenvalue weighted by Gasteiger charge is 2.21. The number of carbonyl (C=O) groups excluding carboxylic acids is 3. The molecule has 2 aliphatic rings. The molecule has 2 aromatic rings. The van der Waals surface area contributed by atoms with Crippen LogP contribution in [0, 0.1) is 11.8 Å². The molecular weight excluding hydrogens is 608 g/mol. The standard InChI is InChI=1S/C18H23NO3.C14H19NO2.C4H6O2.ClH/c1-2-6-17(20)19-12-9-15(10-13-19)11-14-22-18(21)16-7-4-3-5-8-16;16-14(13-4-2-1-3-5-13)17-11-8-12-6-9-15-10-7-12;1-2-3-4(5)6;/h2-8,15H,9-14H2,1H3;1-5,12,15H,6-11H2;2-3H,1H3,(H,5,6);1H/b6-2+;;3-2+;/i14D2;11D2;;. The van der Waals surface area contributed by atoms with Crippen LogP contribution in [0.4, 0.5) is 0 Å². The molecule has 0 aliphatic carbocycles. The summed E-state index contributed by atoms with van der Waals surface area (Å²) in [6.07, 6.45) is 9.53. The van der Waals surface area contributed by atoms with E-state index in [1.807, 2.05) is 0 Å². The smallest absolute Gasteiger partial charge is 0.338 e. The van der Waals surface area contributed by atoms with Gasteiger partial charge in [-0.25, -0.2) is 14.4 Å². The van der Waals surface area contributed by atoms with Crippen LogP contribution < -0.4 is 5.32 Å². The lowest BCUT2D eigenvalue weighted by molar-refractivity contribution is -0.131. The van der Waals surface area contributed by atoms with Gasteiger partial charge in [0.2, 0.25) is 5.91 Å². The van der Waals surface area contributed by atoms with Crippen LogP contribution in [0.5, 0.6) is 0 Å². The lowest BCUT2D eigenvalue weighted by Crippen LogP contribution is -2.37. The summed E-state index contributed by atoms with van der Waals surface area (Å²) in [5, 5.41) is 11.1. The minimum absolute atomic E-state index is 0. The van der Waals surface area contributed by atoms with Crippen molar-refractivity contribution in [1.82, 2.24) is 10.2 Å². The highest BCUT2D eigenvalue weighted by molar-refractivity contribution is 5.89. The van der Waals surface area contributed by atoms with Gasteiger partial charge in [0.25, 0.3) is 0 Å². The van der Waals surface area contributed by atoms with Crippen molar-refractivity contribution in [2.45, 2.75) is 52.4 Å². The Kier molecular flexibility index (Phi) is 17.7. The maximum Gasteiger partial charge on any atom is 0.338 e. The Morgan fingerprint density at radius 3 is 1.61 bits per heavy atom. The molecule has 46 heavy (non-hydrogen) atoms. The van der Waals surface area contributed by atoms with E-state index in [2.05, 4.69) is 5.32 Å². The first kappa shape index (κ1) is 33.4. The molecule has 0 spiro atoms. The number of hydrogen-bond donors (Lipinski definition) is 2. The highest BCUT2D eigenvalue weighted by atomic mass is 35.5. The van der Waals surface area contributed by atoms with Crippen molar-refractivity contribution in [2.75, 3.05) is 39.3 Å². The van der Waals surface area contributed by atoms with Crippen LogP contribution in [-0.4, -0.2) is 73.1 Å². The predicted octanol–water partition coefficient (Wildman–Crippen LogP) is 6.35. The fourth-order valence-corrected chi connectivity index (χ4v) is 4.55. The third-order valence-corrected chi connectivity index (χ3v) is 7.10. The molecule has 0 bridgehead atoms. The summed E-state index contributed by atoms with van der Waals surface area (Å²) in [4.78, 5) is 46.9. The summed E-state index contributed by atoms with van der Waals surface area (Å²) in [6.45, 7) is 2.60. The molecule has 0 aromatic heterocycles. The number of nitrogens with one attached hydrogen (secondary N) is 1. The maximum atomic E-state index is 12.0. The summed E-state index contributed by atoms with van der Waals surface area (Å²) in [7, 11) is 0. The average Bonchev–Trinajstić information content (AvgIpc) is 3.06. The molecule has 0 unspecified atom stereocenters. The topological polar surface area (TPSA) is 122 Å². The third-order valence-electron chi connectivity index (χ3n) is 7.10. The first-order valence-corrected chi connectivity index (χ1v) is 15.3. The lowest BCUT2D eigenvalue weighted by atomic mass is 9.94. The van der Waals surface area contributed by atoms with Gasteiger partial charge in [-0.1, -0.05) is 48.6 Å². The summed E-state index contributed by atoms with van der Waals surface area (Å²) in [5.74, 6) is -1.77. The SMILES string of the molecule is C/C=C/C(=O)O.Cl.[2H]C([2H])(CC1CCN(C(=O)/C=C/C)CC1)OC(=O)c1ccccc1.[2H]C([2H])(CC1CCNCC1)OC(=O)c1ccccc1. The minimum atomic E-state index is -2.01. The molecule has 0 radical (unpaired) electrons. The zero-order valence-corrected chi connectivity index (χ0v) is 27.4. The Hall–Kier alpha value is -3.95. The second kappa shape index (κ2) is 24.3.